The van der Waals surface area contributed by atoms with Gasteiger partial charge in [-0.2, -0.15) is 0 Å². The number of carbonyl (C=O) groups is 1. The standard InChI is InChI=1S/C20H28ClNO3/c1-13(2)25-19-17(21)10-16(11-18(19)24-3)20(23)22-9-8-14-6-4-5-7-15(14)12-22/h10-11,13-15H,4-9,12H2,1-3H3. The Morgan fingerprint density at radius 1 is 1.20 bits per heavy atom. The van der Waals surface area contributed by atoms with Gasteiger partial charge in [0.15, 0.2) is 11.5 Å². The van der Waals surface area contributed by atoms with Crippen molar-refractivity contribution in [2.24, 2.45) is 11.8 Å². The Kier molecular flexibility index (Phi) is 5.78. The van der Waals surface area contributed by atoms with Crippen LogP contribution in [0.1, 0.15) is 56.3 Å². The van der Waals surface area contributed by atoms with Gasteiger partial charge in [0.1, 0.15) is 0 Å². The maximum atomic E-state index is 13.0. The molecule has 2 atom stereocenters. The predicted molar refractivity (Wildman–Crippen MR) is 99.7 cm³/mol. The number of halogens is 1. The Balaban J connectivity index is 1.79. The molecule has 1 aliphatic carbocycles. The summed E-state index contributed by atoms with van der Waals surface area (Å²) in [5, 5.41) is 0.420. The monoisotopic (exact) mass is 365 g/mol. The van der Waals surface area contributed by atoms with Crippen LogP contribution in [0.25, 0.3) is 0 Å². The number of ether oxygens (including phenoxy) is 2. The molecule has 2 fully saturated rings. The lowest BCUT2D eigenvalue weighted by atomic mass is 9.75. The number of benzene rings is 1. The molecule has 2 unspecified atom stereocenters. The summed E-state index contributed by atoms with van der Waals surface area (Å²) in [4.78, 5) is 15.0. The number of hydrogen-bond acceptors (Lipinski definition) is 3. The van der Waals surface area contributed by atoms with Crippen molar-refractivity contribution in [2.75, 3.05) is 20.2 Å². The lowest BCUT2D eigenvalue weighted by Gasteiger charge is -2.41. The number of nitrogens with zero attached hydrogens (tertiary/aromatic N) is 1. The summed E-state index contributed by atoms with van der Waals surface area (Å²) >= 11 is 6.38. The zero-order valence-corrected chi connectivity index (χ0v) is 16.1. The zero-order chi connectivity index (χ0) is 18.0. The van der Waals surface area contributed by atoms with Gasteiger partial charge >= 0.3 is 0 Å². The summed E-state index contributed by atoms with van der Waals surface area (Å²) in [5.41, 5.74) is 0.576. The number of carbonyl (C=O) groups excluding carboxylic acids is 1. The van der Waals surface area contributed by atoms with Crippen LogP contribution in [0.3, 0.4) is 0 Å². The Labute approximate surface area is 155 Å². The van der Waals surface area contributed by atoms with Crippen LogP contribution in [-0.2, 0) is 0 Å². The van der Waals surface area contributed by atoms with Crippen molar-refractivity contribution in [1.29, 1.82) is 0 Å². The number of likely N-dealkylation sites (tertiary alicyclic amines) is 1. The number of fused-ring (bicyclic) bond motifs is 1. The van der Waals surface area contributed by atoms with Crippen molar-refractivity contribution >= 4 is 17.5 Å². The molecular formula is C20H28ClNO3. The Morgan fingerprint density at radius 3 is 2.60 bits per heavy atom. The Morgan fingerprint density at radius 2 is 1.92 bits per heavy atom. The first-order chi connectivity index (χ1) is 12.0. The van der Waals surface area contributed by atoms with Crippen molar-refractivity contribution in [3.8, 4) is 11.5 Å². The molecule has 2 aliphatic rings. The second kappa shape index (κ2) is 7.86. The highest BCUT2D eigenvalue weighted by Gasteiger charge is 2.33. The van der Waals surface area contributed by atoms with E-state index in [1.165, 1.54) is 25.7 Å². The molecule has 4 nitrogen and oxygen atoms in total. The first kappa shape index (κ1) is 18.4. The molecule has 1 aromatic carbocycles. The fourth-order valence-electron chi connectivity index (χ4n) is 4.16. The zero-order valence-electron chi connectivity index (χ0n) is 15.4. The van der Waals surface area contributed by atoms with Crippen molar-refractivity contribution in [3.05, 3.63) is 22.7 Å². The number of piperidine rings is 1. The molecule has 1 amide bonds. The van der Waals surface area contributed by atoms with Gasteiger partial charge in [-0.15, -0.1) is 0 Å². The van der Waals surface area contributed by atoms with E-state index in [0.717, 1.165) is 25.4 Å². The highest BCUT2D eigenvalue weighted by Crippen LogP contribution is 2.39. The van der Waals surface area contributed by atoms with Gasteiger partial charge in [0, 0.05) is 18.7 Å². The lowest BCUT2D eigenvalue weighted by Crippen LogP contribution is -2.44. The van der Waals surface area contributed by atoms with Crippen LogP contribution in [0.4, 0.5) is 0 Å². The van der Waals surface area contributed by atoms with E-state index >= 15 is 0 Å². The fraction of sp³-hybridized carbons (Fsp3) is 0.650. The average molecular weight is 366 g/mol. The molecular weight excluding hydrogens is 338 g/mol. The Hall–Kier alpha value is -1.42. The SMILES string of the molecule is COc1cc(C(=O)N2CCC3CCCCC3C2)cc(Cl)c1OC(C)C. The van der Waals surface area contributed by atoms with E-state index in [4.69, 9.17) is 21.1 Å². The average Bonchev–Trinajstić information content (AvgIpc) is 2.61. The third-order valence-electron chi connectivity index (χ3n) is 5.41. The quantitative estimate of drug-likeness (QED) is 0.770. The van der Waals surface area contributed by atoms with Crippen molar-refractivity contribution in [3.63, 3.8) is 0 Å². The smallest absolute Gasteiger partial charge is 0.254 e. The van der Waals surface area contributed by atoms with Gasteiger partial charge in [0.2, 0.25) is 0 Å². The van der Waals surface area contributed by atoms with Crippen LogP contribution in [0.2, 0.25) is 5.02 Å². The lowest BCUT2D eigenvalue weighted by molar-refractivity contribution is 0.0520. The maximum absolute atomic E-state index is 13.0. The molecule has 1 saturated heterocycles. The van der Waals surface area contributed by atoms with E-state index in [9.17, 15) is 4.79 Å². The second-order valence-electron chi connectivity index (χ2n) is 7.50. The summed E-state index contributed by atoms with van der Waals surface area (Å²) in [6.45, 7) is 5.57. The van der Waals surface area contributed by atoms with Crippen LogP contribution in [-0.4, -0.2) is 37.1 Å². The number of hydrogen-bond donors (Lipinski definition) is 0. The normalized spacial score (nSPS) is 23.3. The summed E-state index contributed by atoms with van der Waals surface area (Å²) in [5.74, 6) is 2.52. The Bertz CT molecular complexity index is 632. The van der Waals surface area contributed by atoms with E-state index in [0.29, 0.717) is 28.0 Å². The highest BCUT2D eigenvalue weighted by molar-refractivity contribution is 6.32. The predicted octanol–water partition coefficient (Wildman–Crippen LogP) is 4.79. The van der Waals surface area contributed by atoms with Gasteiger partial charge in [-0.3, -0.25) is 4.79 Å². The third kappa shape index (κ3) is 4.05. The van der Waals surface area contributed by atoms with Gasteiger partial charge in [-0.25, -0.2) is 0 Å². The fourth-order valence-corrected chi connectivity index (χ4v) is 4.42. The van der Waals surface area contributed by atoms with E-state index in [2.05, 4.69) is 0 Å². The largest absolute Gasteiger partial charge is 0.493 e. The van der Waals surface area contributed by atoms with Crippen LogP contribution in [0.15, 0.2) is 12.1 Å². The van der Waals surface area contributed by atoms with Gasteiger partial charge in [0.25, 0.3) is 5.91 Å². The minimum Gasteiger partial charge on any atom is -0.493 e. The topological polar surface area (TPSA) is 38.8 Å². The van der Waals surface area contributed by atoms with E-state index in [-0.39, 0.29) is 12.0 Å². The second-order valence-corrected chi connectivity index (χ2v) is 7.91. The molecule has 1 aromatic rings. The molecule has 138 valence electrons. The first-order valence-electron chi connectivity index (χ1n) is 9.33. The molecule has 25 heavy (non-hydrogen) atoms. The minimum atomic E-state index is -0.0155. The highest BCUT2D eigenvalue weighted by atomic mass is 35.5. The molecule has 5 heteroatoms. The molecule has 0 bridgehead atoms. The van der Waals surface area contributed by atoms with Gasteiger partial charge in [-0.05, 0) is 50.7 Å². The summed E-state index contributed by atoms with van der Waals surface area (Å²) in [7, 11) is 1.57. The van der Waals surface area contributed by atoms with Crippen LogP contribution < -0.4 is 9.47 Å². The molecule has 1 aliphatic heterocycles. The molecule has 0 aromatic heterocycles. The summed E-state index contributed by atoms with van der Waals surface area (Å²) in [6.07, 6.45) is 6.32. The van der Waals surface area contributed by atoms with Crippen LogP contribution in [0, 0.1) is 11.8 Å². The summed E-state index contributed by atoms with van der Waals surface area (Å²) < 4.78 is 11.1. The number of methoxy groups -OCH3 is 1. The number of rotatable bonds is 4. The number of amides is 1. The molecule has 1 heterocycles. The molecule has 0 N–H and O–H groups in total. The molecule has 0 spiro atoms. The van der Waals surface area contributed by atoms with Crippen molar-refractivity contribution < 1.29 is 14.3 Å². The maximum Gasteiger partial charge on any atom is 0.254 e. The van der Waals surface area contributed by atoms with Crippen LogP contribution in [0.5, 0.6) is 11.5 Å². The summed E-state index contributed by atoms with van der Waals surface area (Å²) in [6, 6.07) is 3.45. The molecule has 0 radical (unpaired) electrons. The molecule has 3 rings (SSSR count). The first-order valence-corrected chi connectivity index (χ1v) is 9.71. The third-order valence-corrected chi connectivity index (χ3v) is 5.69. The van der Waals surface area contributed by atoms with Crippen molar-refractivity contribution in [1.82, 2.24) is 4.90 Å². The van der Waals surface area contributed by atoms with Gasteiger partial charge in [0.05, 0.1) is 18.2 Å². The molecule has 1 saturated carbocycles. The van der Waals surface area contributed by atoms with E-state index in [1.807, 2.05) is 18.7 Å². The van der Waals surface area contributed by atoms with Crippen LogP contribution >= 0.6 is 11.6 Å². The van der Waals surface area contributed by atoms with Gasteiger partial charge in [-0.1, -0.05) is 30.9 Å². The van der Waals surface area contributed by atoms with Gasteiger partial charge < -0.3 is 14.4 Å². The van der Waals surface area contributed by atoms with E-state index < -0.39 is 0 Å². The van der Waals surface area contributed by atoms with Crippen molar-refractivity contribution in [2.45, 2.75) is 52.1 Å². The minimum absolute atomic E-state index is 0.0155. The van der Waals surface area contributed by atoms with E-state index in [1.54, 1.807) is 19.2 Å².